The maximum atomic E-state index is 9.67. The smallest absolute Gasteiger partial charge is 0.0586 e. The molecule has 3 N–H and O–H groups in total. The first kappa shape index (κ1) is 14.3. The van der Waals surface area contributed by atoms with Crippen molar-refractivity contribution in [3.05, 3.63) is 0 Å². The summed E-state index contributed by atoms with van der Waals surface area (Å²) in [4.78, 5) is 2.61. The molecule has 106 valence electrons. The van der Waals surface area contributed by atoms with Crippen molar-refractivity contribution in [2.75, 3.05) is 19.7 Å². The van der Waals surface area contributed by atoms with Gasteiger partial charge in [0.05, 0.1) is 6.61 Å². The molecular weight excluding hydrogens is 224 g/mol. The predicted octanol–water partition coefficient (Wildman–Crippen LogP) is 1.99. The Bertz CT molecular complexity index is 247. The van der Waals surface area contributed by atoms with E-state index in [2.05, 4.69) is 11.8 Å². The number of hydrogen-bond acceptors (Lipinski definition) is 3. The summed E-state index contributed by atoms with van der Waals surface area (Å²) in [7, 11) is 0. The van der Waals surface area contributed by atoms with Crippen LogP contribution < -0.4 is 5.73 Å². The Balaban J connectivity index is 2.08. The summed E-state index contributed by atoms with van der Waals surface area (Å²) >= 11 is 0. The van der Waals surface area contributed by atoms with Gasteiger partial charge in [0.25, 0.3) is 0 Å². The van der Waals surface area contributed by atoms with Gasteiger partial charge in [-0.15, -0.1) is 0 Å². The fraction of sp³-hybridized carbons (Fsp3) is 1.00. The highest BCUT2D eigenvalue weighted by Crippen LogP contribution is 2.34. The monoisotopic (exact) mass is 254 g/mol. The van der Waals surface area contributed by atoms with Gasteiger partial charge in [-0.3, -0.25) is 4.90 Å². The lowest BCUT2D eigenvalue weighted by molar-refractivity contribution is 0.0277. The SMILES string of the molecule is CC1CCC(CN)C(N2CCCCCC2CO)C1. The van der Waals surface area contributed by atoms with Crippen LogP contribution in [0.4, 0.5) is 0 Å². The average molecular weight is 254 g/mol. The molecule has 2 fully saturated rings. The molecule has 0 radical (unpaired) electrons. The average Bonchev–Trinajstić information content (AvgIpc) is 2.63. The van der Waals surface area contributed by atoms with Crippen LogP contribution in [0.2, 0.25) is 0 Å². The summed E-state index contributed by atoms with van der Waals surface area (Å²) in [5.74, 6) is 1.47. The second-order valence-electron chi connectivity index (χ2n) is 6.40. The van der Waals surface area contributed by atoms with E-state index in [0.717, 1.165) is 12.5 Å². The Morgan fingerprint density at radius 3 is 2.72 bits per heavy atom. The van der Waals surface area contributed by atoms with Gasteiger partial charge in [0.1, 0.15) is 0 Å². The third-order valence-electron chi connectivity index (χ3n) is 5.08. The summed E-state index contributed by atoms with van der Waals surface area (Å²) in [5.41, 5.74) is 5.98. The van der Waals surface area contributed by atoms with Crippen molar-refractivity contribution in [1.82, 2.24) is 4.90 Å². The molecule has 3 heteroatoms. The summed E-state index contributed by atoms with van der Waals surface area (Å²) in [5, 5.41) is 9.67. The molecule has 0 amide bonds. The van der Waals surface area contributed by atoms with Crippen LogP contribution in [0.3, 0.4) is 0 Å². The largest absolute Gasteiger partial charge is 0.395 e. The van der Waals surface area contributed by atoms with Crippen molar-refractivity contribution < 1.29 is 5.11 Å². The highest BCUT2D eigenvalue weighted by atomic mass is 16.3. The zero-order chi connectivity index (χ0) is 13.0. The van der Waals surface area contributed by atoms with Gasteiger partial charge in [0.2, 0.25) is 0 Å². The lowest BCUT2D eigenvalue weighted by Gasteiger charge is -2.44. The van der Waals surface area contributed by atoms with Gasteiger partial charge in [-0.1, -0.05) is 26.2 Å². The molecule has 1 aliphatic carbocycles. The first-order valence-electron chi connectivity index (χ1n) is 7.83. The number of rotatable bonds is 3. The number of nitrogens with zero attached hydrogens (tertiary/aromatic N) is 1. The van der Waals surface area contributed by atoms with Crippen molar-refractivity contribution in [2.45, 2.75) is 64.0 Å². The van der Waals surface area contributed by atoms with Crippen LogP contribution in [0, 0.1) is 11.8 Å². The summed E-state index contributed by atoms with van der Waals surface area (Å²) in [6, 6.07) is 1.01. The van der Waals surface area contributed by atoms with Gasteiger partial charge in [-0.25, -0.2) is 0 Å². The second-order valence-corrected chi connectivity index (χ2v) is 6.40. The molecule has 1 heterocycles. The van der Waals surface area contributed by atoms with Gasteiger partial charge in [-0.2, -0.15) is 0 Å². The minimum Gasteiger partial charge on any atom is -0.395 e. The molecule has 0 aromatic carbocycles. The molecule has 18 heavy (non-hydrogen) atoms. The molecule has 1 saturated carbocycles. The van der Waals surface area contributed by atoms with E-state index >= 15 is 0 Å². The van der Waals surface area contributed by atoms with Crippen LogP contribution in [-0.2, 0) is 0 Å². The van der Waals surface area contributed by atoms with Crippen molar-refractivity contribution in [3.63, 3.8) is 0 Å². The molecule has 0 spiro atoms. The Morgan fingerprint density at radius 2 is 2.00 bits per heavy atom. The molecule has 4 atom stereocenters. The Kier molecular flexibility index (Phi) is 5.46. The molecule has 1 saturated heterocycles. The lowest BCUT2D eigenvalue weighted by atomic mass is 9.77. The molecule has 0 aromatic rings. The van der Waals surface area contributed by atoms with Crippen LogP contribution in [-0.4, -0.2) is 41.8 Å². The topological polar surface area (TPSA) is 49.5 Å². The third kappa shape index (κ3) is 3.25. The van der Waals surface area contributed by atoms with E-state index in [0.29, 0.717) is 24.6 Å². The number of nitrogens with two attached hydrogens (primary N) is 1. The molecular formula is C15H30N2O. The minimum atomic E-state index is 0.322. The fourth-order valence-corrected chi connectivity index (χ4v) is 3.93. The molecule has 3 nitrogen and oxygen atoms in total. The number of hydrogen-bond donors (Lipinski definition) is 2. The van der Waals surface area contributed by atoms with Crippen LogP contribution in [0.25, 0.3) is 0 Å². The zero-order valence-electron chi connectivity index (χ0n) is 11.9. The molecule has 2 rings (SSSR count). The van der Waals surface area contributed by atoms with Crippen molar-refractivity contribution >= 4 is 0 Å². The number of likely N-dealkylation sites (tertiary alicyclic amines) is 1. The van der Waals surface area contributed by atoms with Crippen LogP contribution >= 0.6 is 0 Å². The summed E-state index contributed by atoms with van der Waals surface area (Å²) in [6.07, 6.45) is 8.93. The zero-order valence-corrected chi connectivity index (χ0v) is 11.9. The lowest BCUT2D eigenvalue weighted by Crippen LogP contribution is -2.52. The number of aliphatic hydroxyl groups is 1. The van der Waals surface area contributed by atoms with E-state index in [1.807, 2.05) is 0 Å². The standard InChI is InChI=1S/C15H30N2O/c1-12-6-7-13(10-16)15(9-12)17-8-4-2-3-5-14(17)11-18/h12-15,18H,2-11,16H2,1H3. The first-order valence-corrected chi connectivity index (χ1v) is 7.83. The normalized spacial score (nSPS) is 39.5. The van der Waals surface area contributed by atoms with Crippen molar-refractivity contribution in [3.8, 4) is 0 Å². The van der Waals surface area contributed by atoms with Crippen molar-refractivity contribution in [2.24, 2.45) is 17.6 Å². The van der Waals surface area contributed by atoms with Gasteiger partial charge < -0.3 is 10.8 Å². The molecule has 1 aliphatic heterocycles. The van der Waals surface area contributed by atoms with Gasteiger partial charge in [-0.05, 0) is 50.6 Å². The van der Waals surface area contributed by atoms with Crippen LogP contribution in [0.15, 0.2) is 0 Å². The maximum absolute atomic E-state index is 9.67. The molecule has 0 bridgehead atoms. The van der Waals surface area contributed by atoms with E-state index in [1.165, 1.54) is 51.5 Å². The molecule has 2 aliphatic rings. The fourth-order valence-electron chi connectivity index (χ4n) is 3.93. The predicted molar refractivity (Wildman–Crippen MR) is 75.4 cm³/mol. The van der Waals surface area contributed by atoms with E-state index in [4.69, 9.17) is 5.73 Å². The molecule has 4 unspecified atom stereocenters. The summed E-state index contributed by atoms with van der Waals surface area (Å²) < 4.78 is 0. The highest BCUT2D eigenvalue weighted by molar-refractivity contribution is 4.90. The van der Waals surface area contributed by atoms with Gasteiger partial charge >= 0.3 is 0 Å². The van der Waals surface area contributed by atoms with Gasteiger partial charge in [0.15, 0.2) is 0 Å². The quantitative estimate of drug-likeness (QED) is 0.810. The highest BCUT2D eigenvalue weighted by Gasteiger charge is 2.35. The maximum Gasteiger partial charge on any atom is 0.0586 e. The second kappa shape index (κ2) is 6.88. The van der Waals surface area contributed by atoms with E-state index in [1.54, 1.807) is 0 Å². The van der Waals surface area contributed by atoms with Crippen LogP contribution in [0.5, 0.6) is 0 Å². The molecule has 0 aromatic heterocycles. The number of aliphatic hydroxyl groups excluding tert-OH is 1. The Morgan fingerprint density at radius 1 is 1.17 bits per heavy atom. The first-order chi connectivity index (χ1) is 8.76. The minimum absolute atomic E-state index is 0.322. The van der Waals surface area contributed by atoms with Crippen molar-refractivity contribution in [1.29, 1.82) is 0 Å². The van der Waals surface area contributed by atoms with Gasteiger partial charge in [0, 0.05) is 12.1 Å². The Hall–Kier alpha value is -0.120. The van der Waals surface area contributed by atoms with E-state index in [9.17, 15) is 5.11 Å². The van der Waals surface area contributed by atoms with E-state index < -0.39 is 0 Å². The van der Waals surface area contributed by atoms with Crippen LogP contribution in [0.1, 0.15) is 51.9 Å². The third-order valence-corrected chi connectivity index (χ3v) is 5.08. The Labute approximate surface area is 112 Å². The summed E-state index contributed by atoms with van der Waals surface area (Å²) in [6.45, 7) is 4.67. The van der Waals surface area contributed by atoms with E-state index in [-0.39, 0.29) is 0 Å².